The molecule has 8 nitrogen and oxygen atoms in total. The number of nitrogens with zero attached hydrogens (tertiary/aromatic N) is 4. The summed E-state index contributed by atoms with van der Waals surface area (Å²) in [5.41, 5.74) is 3.69. The summed E-state index contributed by atoms with van der Waals surface area (Å²) in [5, 5.41) is 8.50. The second kappa shape index (κ2) is 9.54. The number of benzene rings is 2. The predicted octanol–water partition coefficient (Wildman–Crippen LogP) is 4.78. The zero-order chi connectivity index (χ0) is 23.5. The van der Waals surface area contributed by atoms with E-state index in [0.717, 1.165) is 21.4 Å². The van der Waals surface area contributed by atoms with E-state index in [-0.39, 0.29) is 17.6 Å². The van der Waals surface area contributed by atoms with Crippen LogP contribution in [0.15, 0.2) is 83.9 Å². The first-order valence-corrected chi connectivity index (χ1v) is 12.3. The van der Waals surface area contributed by atoms with Crippen LogP contribution in [0.4, 0.5) is 11.4 Å². The fourth-order valence-electron chi connectivity index (χ4n) is 3.32. The van der Waals surface area contributed by atoms with Gasteiger partial charge in [0.15, 0.2) is 10.1 Å². The molecule has 0 radical (unpaired) electrons. The monoisotopic (exact) mass is 488 g/mol. The minimum absolute atomic E-state index is 0.136. The van der Waals surface area contributed by atoms with Crippen LogP contribution in [0.3, 0.4) is 0 Å². The van der Waals surface area contributed by atoms with Gasteiger partial charge < -0.3 is 15.2 Å². The molecule has 3 aromatic heterocycles. The number of nitrogens with one attached hydrogen (secondary N) is 2. The van der Waals surface area contributed by atoms with Crippen molar-refractivity contribution in [1.82, 2.24) is 18.9 Å². The molecular formula is C24H20N6O2S2. The molecule has 2 amide bonds. The molecule has 2 aromatic carbocycles. The number of anilines is 2. The normalized spacial score (nSPS) is 11.0. The predicted molar refractivity (Wildman–Crippen MR) is 135 cm³/mol. The summed E-state index contributed by atoms with van der Waals surface area (Å²) in [6, 6.07) is 14.4. The molecule has 0 saturated heterocycles. The molecule has 34 heavy (non-hydrogen) atoms. The first-order valence-electron chi connectivity index (χ1n) is 10.4. The molecule has 0 fully saturated rings. The van der Waals surface area contributed by atoms with E-state index in [2.05, 4.69) is 20.6 Å². The molecule has 3 heterocycles. The minimum atomic E-state index is -0.224. The summed E-state index contributed by atoms with van der Waals surface area (Å²) in [7, 11) is 1.88. The molecule has 5 rings (SSSR count). The topological polar surface area (TPSA) is 93.3 Å². The smallest absolute Gasteiger partial charge is 0.255 e. The molecule has 10 heteroatoms. The number of hydrogen-bond donors (Lipinski definition) is 2. The van der Waals surface area contributed by atoms with Crippen molar-refractivity contribution >= 4 is 51.2 Å². The lowest BCUT2D eigenvalue weighted by molar-refractivity contribution is -0.113. The molecule has 0 spiro atoms. The maximum atomic E-state index is 12.6. The van der Waals surface area contributed by atoms with Crippen LogP contribution in [0, 0.1) is 0 Å². The van der Waals surface area contributed by atoms with Crippen LogP contribution in [0.1, 0.15) is 10.4 Å². The van der Waals surface area contributed by atoms with Crippen LogP contribution in [-0.4, -0.2) is 36.5 Å². The minimum Gasteiger partial charge on any atom is -0.329 e. The van der Waals surface area contributed by atoms with Gasteiger partial charge in [-0.1, -0.05) is 23.9 Å². The Morgan fingerprint density at radius 1 is 1.00 bits per heavy atom. The van der Waals surface area contributed by atoms with Gasteiger partial charge in [0.1, 0.15) is 0 Å². The van der Waals surface area contributed by atoms with Gasteiger partial charge in [0.25, 0.3) is 5.91 Å². The van der Waals surface area contributed by atoms with Crippen LogP contribution in [0.5, 0.6) is 0 Å². The number of carbonyl (C=O) groups is 2. The number of carbonyl (C=O) groups excluding carboxylic acids is 2. The number of fused-ring (bicyclic) bond motifs is 1. The Bertz CT molecular complexity index is 1420. The lowest BCUT2D eigenvalue weighted by Crippen LogP contribution is -2.15. The van der Waals surface area contributed by atoms with Gasteiger partial charge in [-0.25, -0.2) is 9.97 Å². The summed E-state index contributed by atoms with van der Waals surface area (Å²) in [6.45, 7) is 0. The van der Waals surface area contributed by atoms with Gasteiger partial charge in [0, 0.05) is 59.7 Å². The largest absolute Gasteiger partial charge is 0.329 e. The van der Waals surface area contributed by atoms with E-state index >= 15 is 0 Å². The van der Waals surface area contributed by atoms with Crippen LogP contribution in [0.25, 0.3) is 16.2 Å². The number of aromatic nitrogens is 4. The fourth-order valence-corrected chi connectivity index (χ4v) is 4.75. The highest BCUT2D eigenvalue weighted by molar-refractivity contribution is 7.99. The van der Waals surface area contributed by atoms with E-state index in [1.807, 2.05) is 64.3 Å². The maximum Gasteiger partial charge on any atom is 0.255 e. The van der Waals surface area contributed by atoms with Crippen molar-refractivity contribution < 1.29 is 9.59 Å². The summed E-state index contributed by atoms with van der Waals surface area (Å²) in [6.07, 6.45) is 7.49. The molecule has 0 aliphatic rings. The van der Waals surface area contributed by atoms with E-state index in [1.54, 1.807) is 41.8 Å². The zero-order valence-corrected chi connectivity index (χ0v) is 19.8. The number of amides is 2. The van der Waals surface area contributed by atoms with Crippen molar-refractivity contribution in [3.8, 4) is 11.3 Å². The van der Waals surface area contributed by atoms with E-state index < -0.39 is 0 Å². The summed E-state index contributed by atoms with van der Waals surface area (Å²) in [5.74, 6) is -0.110. The van der Waals surface area contributed by atoms with Crippen molar-refractivity contribution in [2.75, 3.05) is 16.4 Å². The van der Waals surface area contributed by atoms with Crippen molar-refractivity contribution in [2.45, 2.75) is 5.16 Å². The number of thiazole rings is 1. The van der Waals surface area contributed by atoms with E-state index in [1.165, 1.54) is 11.8 Å². The molecular weight excluding hydrogens is 468 g/mol. The average molecular weight is 489 g/mol. The van der Waals surface area contributed by atoms with Crippen LogP contribution in [-0.2, 0) is 11.8 Å². The standard InChI is InChI=1S/C24H20N6O2S2/c1-29-11-10-25-23(29)34-15-21(31)26-18-8-4-17(5-9-18)22(32)27-19-6-2-16(3-7-19)20-14-30-12-13-33-24(30)28-20/h2-14H,15H2,1H3,(H,26,31)(H,27,32). The third kappa shape index (κ3) is 4.87. The van der Waals surface area contributed by atoms with E-state index in [9.17, 15) is 9.59 Å². The molecule has 0 unspecified atom stereocenters. The van der Waals surface area contributed by atoms with Crippen molar-refractivity contribution in [3.05, 3.63) is 84.3 Å². The zero-order valence-electron chi connectivity index (χ0n) is 18.1. The Morgan fingerprint density at radius 3 is 2.44 bits per heavy atom. The highest BCUT2D eigenvalue weighted by atomic mass is 32.2. The number of thioether (sulfide) groups is 1. The molecule has 0 aliphatic heterocycles. The van der Waals surface area contributed by atoms with Crippen molar-refractivity contribution in [1.29, 1.82) is 0 Å². The second-order valence-corrected chi connectivity index (χ2v) is 9.30. The second-order valence-electron chi connectivity index (χ2n) is 7.49. The van der Waals surface area contributed by atoms with Crippen molar-refractivity contribution in [3.63, 3.8) is 0 Å². The summed E-state index contributed by atoms with van der Waals surface area (Å²) >= 11 is 2.95. The van der Waals surface area contributed by atoms with Gasteiger partial charge in [-0.3, -0.25) is 14.0 Å². The Balaban J connectivity index is 1.16. The Kier molecular flexibility index (Phi) is 6.15. The van der Waals surface area contributed by atoms with Gasteiger partial charge in [0.2, 0.25) is 5.91 Å². The summed E-state index contributed by atoms with van der Waals surface area (Å²) in [4.78, 5) is 34.5. The van der Waals surface area contributed by atoms with E-state index in [4.69, 9.17) is 0 Å². The van der Waals surface area contributed by atoms with Gasteiger partial charge in [-0.15, -0.1) is 11.3 Å². The number of rotatable bonds is 7. The number of hydrogen-bond acceptors (Lipinski definition) is 6. The highest BCUT2D eigenvalue weighted by Crippen LogP contribution is 2.23. The molecule has 0 aliphatic carbocycles. The Morgan fingerprint density at radius 2 is 1.74 bits per heavy atom. The molecule has 0 saturated carbocycles. The quantitative estimate of drug-likeness (QED) is 0.322. The van der Waals surface area contributed by atoms with Gasteiger partial charge in [-0.2, -0.15) is 0 Å². The number of aryl methyl sites for hydroxylation is 1. The van der Waals surface area contributed by atoms with E-state index in [0.29, 0.717) is 16.9 Å². The first kappa shape index (κ1) is 21.9. The summed E-state index contributed by atoms with van der Waals surface area (Å²) < 4.78 is 3.85. The van der Waals surface area contributed by atoms with Crippen LogP contribution < -0.4 is 10.6 Å². The molecule has 2 N–H and O–H groups in total. The third-order valence-corrected chi connectivity index (χ3v) is 6.90. The first-order chi connectivity index (χ1) is 16.5. The lowest BCUT2D eigenvalue weighted by atomic mass is 10.1. The SMILES string of the molecule is Cn1ccnc1SCC(=O)Nc1ccc(C(=O)Nc2ccc(-c3cn4ccsc4n3)cc2)cc1. The third-order valence-electron chi connectivity index (χ3n) is 5.07. The maximum absolute atomic E-state index is 12.6. The molecule has 0 atom stereocenters. The highest BCUT2D eigenvalue weighted by Gasteiger charge is 2.10. The Hall–Kier alpha value is -3.89. The lowest BCUT2D eigenvalue weighted by Gasteiger charge is -2.08. The molecule has 5 aromatic rings. The number of imidazole rings is 2. The van der Waals surface area contributed by atoms with Gasteiger partial charge in [0.05, 0.1) is 11.4 Å². The molecule has 0 bridgehead atoms. The Labute approximate surface area is 203 Å². The average Bonchev–Trinajstić information content (AvgIpc) is 3.55. The molecule has 170 valence electrons. The van der Waals surface area contributed by atoms with Crippen LogP contribution in [0.2, 0.25) is 0 Å². The van der Waals surface area contributed by atoms with Gasteiger partial charge >= 0.3 is 0 Å². The van der Waals surface area contributed by atoms with Crippen LogP contribution >= 0.6 is 23.1 Å². The van der Waals surface area contributed by atoms with Gasteiger partial charge in [-0.05, 0) is 36.4 Å². The van der Waals surface area contributed by atoms with Crippen molar-refractivity contribution in [2.24, 2.45) is 7.05 Å². The fraction of sp³-hybridized carbons (Fsp3) is 0.0833.